The van der Waals surface area contributed by atoms with E-state index < -0.39 is 0 Å². The number of esters is 1. The van der Waals surface area contributed by atoms with Gasteiger partial charge in [0, 0.05) is 12.1 Å². The largest absolute Gasteiger partial charge is 0.460 e. The van der Waals surface area contributed by atoms with Gasteiger partial charge in [-0.25, -0.2) is 0 Å². The summed E-state index contributed by atoms with van der Waals surface area (Å²) >= 11 is 2.94. The van der Waals surface area contributed by atoms with E-state index in [0.29, 0.717) is 19.0 Å². The van der Waals surface area contributed by atoms with Crippen molar-refractivity contribution in [3.8, 4) is 0 Å². The number of likely N-dealkylation sites (tertiary alicyclic amines) is 1. The number of ketones is 1. The minimum atomic E-state index is -0.193. The van der Waals surface area contributed by atoms with Gasteiger partial charge in [-0.2, -0.15) is 0 Å². The molecule has 2 aromatic rings. The average molecular weight is 560 g/mol. The predicted molar refractivity (Wildman–Crippen MR) is 152 cm³/mol. The highest BCUT2D eigenvalue weighted by Gasteiger charge is 2.31. The zero-order valence-corrected chi connectivity index (χ0v) is 23.8. The fourth-order valence-corrected chi connectivity index (χ4v) is 4.58. The summed E-state index contributed by atoms with van der Waals surface area (Å²) < 4.78 is 5.84. The Kier molecular flexibility index (Phi) is 14.6. The standard InChI is InChI=1S/C24H29NO3.C5H11N.CH3Br/c1-3-20-13-14-25(16-22(26)21-11-9-18(2)10-12-21)17-23(20)28-24(27)15-19-7-5-4-6-8-19;1-2-4-6-5-3-1;1-2/h4-12,20,23H,3,13-17H2,1-2H3;6H,1-5H2;1H3/t20?,23-;;/m0../s1. The smallest absolute Gasteiger partial charge is 0.310 e. The van der Waals surface area contributed by atoms with Gasteiger partial charge in [0.1, 0.15) is 6.10 Å². The van der Waals surface area contributed by atoms with Crippen LogP contribution in [0.15, 0.2) is 54.6 Å². The summed E-state index contributed by atoms with van der Waals surface area (Å²) in [6, 6.07) is 17.4. The summed E-state index contributed by atoms with van der Waals surface area (Å²) in [4.78, 5) is 27.1. The van der Waals surface area contributed by atoms with Gasteiger partial charge in [0.2, 0.25) is 0 Å². The van der Waals surface area contributed by atoms with E-state index in [1.165, 1.54) is 32.4 Å². The van der Waals surface area contributed by atoms with Crippen LogP contribution in [0.3, 0.4) is 0 Å². The van der Waals surface area contributed by atoms with Crippen LogP contribution in [0.1, 0.15) is 60.5 Å². The van der Waals surface area contributed by atoms with Crippen molar-refractivity contribution in [2.45, 2.75) is 58.5 Å². The maximum atomic E-state index is 12.6. The SMILES string of the molecule is C1CCNCC1.CBr.CCC1CCN(CC(=O)c2ccc(C)cc2)C[C@@H]1OC(=O)Cc1ccccc1. The minimum absolute atomic E-state index is 0.115. The van der Waals surface area contributed by atoms with E-state index in [-0.39, 0.29) is 24.3 Å². The van der Waals surface area contributed by atoms with Crippen molar-refractivity contribution in [3.63, 3.8) is 0 Å². The number of hydrogen-bond acceptors (Lipinski definition) is 5. The van der Waals surface area contributed by atoms with Crippen molar-refractivity contribution in [1.82, 2.24) is 10.2 Å². The first kappa shape index (κ1) is 30.2. The Morgan fingerprint density at radius 1 is 1.00 bits per heavy atom. The van der Waals surface area contributed by atoms with Crippen molar-refractivity contribution in [2.75, 3.05) is 38.6 Å². The van der Waals surface area contributed by atoms with Crippen molar-refractivity contribution in [3.05, 3.63) is 71.3 Å². The molecule has 0 amide bonds. The van der Waals surface area contributed by atoms with E-state index >= 15 is 0 Å². The number of alkyl halides is 1. The monoisotopic (exact) mass is 558 g/mol. The van der Waals surface area contributed by atoms with Gasteiger partial charge in [0.25, 0.3) is 0 Å². The Morgan fingerprint density at radius 3 is 2.22 bits per heavy atom. The molecule has 2 aliphatic heterocycles. The molecule has 198 valence electrons. The summed E-state index contributed by atoms with van der Waals surface area (Å²) in [7, 11) is 0. The molecule has 0 aliphatic carbocycles. The van der Waals surface area contributed by atoms with Gasteiger partial charge in [0.15, 0.2) is 5.78 Å². The molecule has 0 aromatic heterocycles. The normalized spacial score (nSPS) is 19.7. The maximum absolute atomic E-state index is 12.6. The molecule has 1 N–H and O–H groups in total. The Labute approximate surface area is 226 Å². The zero-order chi connectivity index (χ0) is 26.2. The highest BCUT2D eigenvalue weighted by atomic mass is 79.9. The number of nitrogens with one attached hydrogen (secondary N) is 1. The molecule has 0 spiro atoms. The number of piperidine rings is 2. The van der Waals surface area contributed by atoms with E-state index in [2.05, 4.69) is 33.1 Å². The minimum Gasteiger partial charge on any atom is -0.460 e. The molecule has 2 atom stereocenters. The predicted octanol–water partition coefficient (Wildman–Crippen LogP) is 5.84. The second-order valence-corrected chi connectivity index (χ2v) is 9.48. The maximum Gasteiger partial charge on any atom is 0.310 e. The number of carbonyl (C=O) groups is 2. The Morgan fingerprint density at radius 2 is 1.67 bits per heavy atom. The first-order chi connectivity index (χ1) is 17.5. The fraction of sp³-hybridized carbons (Fsp3) is 0.533. The van der Waals surface area contributed by atoms with Crippen LogP contribution >= 0.6 is 15.9 Å². The van der Waals surface area contributed by atoms with Gasteiger partial charge >= 0.3 is 5.97 Å². The van der Waals surface area contributed by atoms with Crippen LogP contribution in [0.25, 0.3) is 0 Å². The van der Waals surface area contributed by atoms with Crippen LogP contribution in [0.2, 0.25) is 0 Å². The number of hydrogen-bond donors (Lipinski definition) is 1. The molecule has 4 rings (SSSR count). The summed E-state index contributed by atoms with van der Waals surface area (Å²) in [5.74, 6) is 2.09. The van der Waals surface area contributed by atoms with E-state index in [9.17, 15) is 9.59 Å². The lowest BCUT2D eigenvalue weighted by molar-refractivity contribution is -0.154. The van der Waals surface area contributed by atoms with E-state index in [1.807, 2.05) is 67.4 Å². The van der Waals surface area contributed by atoms with E-state index in [1.54, 1.807) is 0 Å². The molecule has 2 aromatic carbocycles. The van der Waals surface area contributed by atoms with E-state index in [0.717, 1.165) is 36.1 Å². The average Bonchev–Trinajstić information content (AvgIpc) is 2.92. The van der Waals surface area contributed by atoms with Crippen LogP contribution in [0.5, 0.6) is 0 Å². The fourth-order valence-electron chi connectivity index (χ4n) is 4.58. The Balaban J connectivity index is 0.000000491. The first-order valence-electron chi connectivity index (χ1n) is 13.2. The number of ether oxygens (including phenoxy) is 1. The van der Waals surface area contributed by atoms with Crippen molar-refractivity contribution in [2.24, 2.45) is 5.92 Å². The Bertz CT molecular complexity index is 873. The molecule has 0 saturated carbocycles. The lowest BCUT2D eigenvalue weighted by Gasteiger charge is -2.37. The molecule has 2 saturated heterocycles. The molecular weight excluding hydrogens is 516 g/mol. The highest BCUT2D eigenvalue weighted by molar-refractivity contribution is 9.08. The third-order valence-electron chi connectivity index (χ3n) is 6.73. The van der Waals surface area contributed by atoms with Gasteiger partial charge in [0.05, 0.1) is 13.0 Å². The first-order valence-corrected chi connectivity index (χ1v) is 14.8. The molecule has 36 heavy (non-hydrogen) atoms. The quantitative estimate of drug-likeness (QED) is 0.263. The molecule has 2 aliphatic rings. The summed E-state index contributed by atoms with van der Waals surface area (Å²) in [5, 5.41) is 3.28. The lowest BCUT2D eigenvalue weighted by Crippen LogP contribution is -2.47. The summed E-state index contributed by atoms with van der Waals surface area (Å²) in [6.07, 6.45) is 6.27. The van der Waals surface area contributed by atoms with Gasteiger partial charge in [-0.05, 0) is 69.6 Å². The number of nitrogens with zero attached hydrogens (tertiary/aromatic N) is 1. The summed E-state index contributed by atoms with van der Waals surface area (Å²) in [6.45, 7) is 8.50. The topological polar surface area (TPSA) is 58.6 Å². The summed E-state index contributed by atoms with van der Waals surface area (Å²) in [5.41, 5.74) is 2.84. The number of benzene rings is 2. The van der Waals surface area contributed by atoms with Gasteiger partial charge in [-0.15, -0.1) is 0 Å². The molecule has 1 unspecified atom stereocenters. The molecule has 2 heterocycles. The van der Waals surface area contributed by atoms with Crippen LogP contribution in [-0.4, -0.2) is 61.3 Å². The third kappa shape index (κ3) is 10.9. The number of aryl methyl sites for hydroxylation is 1. The van der Waals surface area contributed by atoms with Crippen LogP contribution in [0, 0.1) is 12.8 Å². The van der Waals surface area contributed by atoms with Crippen molar-refractivity contribution < 1.29 is 14.3 Å². The second kappa shape index (κ2) is 17.4. The second-order valence-electron chi connectivity index (χ2n) is 9.48. The van der Waals surface area contributed by atoms with E-state index in [4.69, 9.17) is 4.74 Å². The van der Waals surface area contributed by atoms with Crippen molar-refractivity contribution in [1.29, 1.82) is 0 Å². The number of rotatable bonds is 7. The van der Waals surface area contributed by atoms with Crippen LogP contribution in [-0.2, 0) is 16.0 Å². The molecule has 5 nitrogen and oxygen atoms in total. The number of Topliss-reactive ketones (excluding diaryl/α,β-unsaturated/α-hetero) is 1. The molecule has 0 bridgehead atoms. The van der Waals surface area contributed by atoms with Gasteiger partial charge in [-0.3, -0.25) is 14.5 Å². The lowest BCUT2D eigenvalue weighted by atomic mass is 9.91. The van der Waals surface area contributed by atoms with Crippen molar-refractivity contribution >= 4 is 27.7 Å². The van der Waals surface area contributed by atoms with Gasteiger partial charge < -0.3 is 10.1 Å². The highest BCUT2D eigenvalue weighted by Crippen LogP contribution is 2.24. The van der Waals surface area contributed by atoms with Crippen LogP contribution < -0.4 is 5.32 Å². The van der Waals surface area contributed by atoms with Crippen LogP contribution in [0.4, 0.5) is 0 Å². The van der Waals surface area contributed by atoms with Gasteiger partial charge in [-0.1, -0.05) is 89.4 Å². The number of carbonyl (C=O) groups excluding carboxylic acids is 2. The third-order valence-corrected chi connectivity index (χ3v) is 6.73. The zero-order valence-electron chi connectivity index (χ0n) is 22.2. The molecular formula is C30H43BrN2O3. The molecule has 0 radical (unpaired) electrons. The molecule has 6 heteroatoms. The Hall–Kier alpha value is -2.02. The number of halogens is 1. The molecule has 2 fully saturated rings.